The van der Waals surface area contributed by atoms with Crippen LogP contribution in [0.25, 0.3) is 0 Å². The van der Waals surface area contributed by atoms with Crippen LogP contribution in [0.1, 0.15) is 115 Å². The monoisotopic (exact) mass is 584 g/mol. The van der Waals surface area contributed by atoms with Crippen LogP contribution in [0, 0.1) is 0 Å². The number of rotatable bonds is 9. The van der Waals surface area contributed by atoms with Gasteiger partial charge in [0.25, 0.3) is 0 Å². The van der Waals surface area contributed by atoms with Crippen molar-refractivity contribution >= 4 is 42.7 Å². The van der Waals surface area contributed by atoms with Gasteiger partial charge < -0.3 is 12.4 Å². The van der Waals surface area contributed by atoms with Crippen LogP contribution in [-0.4, -0.2) is 57.2 Å². The maximum Gasteiger partial charge on any atom is 0.570 e. The van der Waals surface area contributed by atoms with E-state index in [-0.39, 0.29) is 0 Å². The Hall–Kier alpha value is -0.744. The van der Waals surface area contributed by atoms with Crippen molar-refractivity contribution in [2.75, 3.05) is 4.30 Å². The summed E-state index contributed by atoms with van der Waals surface area (Å²) in [6.45, 7) is 24.8. The number of benzene rings is 1. The van der Waals surface area contributed by atoms with Crippen molar-refractivity contribution in [2.45, 2.75) is 161 Å². The van der Waals surface area contributed by atoms with E-state index in [1.54, 1.807) is 0 Å². The highest BCUT2D eigenvalue weighted by Crippen LogP contribution is 2.35. The zero-order chi connectivity index (χ0) is 29.0. The van der Waals surface area contributed by atoms with E-state index in [1.165, 1.54) is 87.0 Å². The first-order valence-electron chi connectivity index (χ1n) is 16.3. The van der Waals surface area contributed by atoms with Crippen molar-refractivity contribution < 1.29 is 0 Å². The maximum atomic E-state index is 5.85. The molecule has 0 heterocycles. The maximum absolute atomic E-state index is 5.85. The molecular formula is C32H61AlN4Si2. The Balaban J connectivity index is 2.18. The molecule has 2 aliphatic carbocycles. The van der Waals surface area contributed by atoms with Crippen molar-refractivity contribution in [3.8, 4) is 0 Å². The van der Waals surface area contributed by atoms with E-state index in [0.29, 0.717) is 23.9 Å². The molecule has 7 heteroatoms. The van der Waals surface area contributed by atoms with Crippen LogP contribution >= 0.6 is 0 Å². The minimum atomic E-state index is -1.67. The second-order valence-corrected chi connectivity index (χ2v) is 27.3. The highest BCUT2D eigenvalue weighted by Gasteiger charge is 2.44. The van der Waals surface area contributed by atoms with Crippen LogP contribution in [0.4, 0.5) is 5.69 Å². The van der Waals surface area contributed by atoms with E-state index >= 15 is 0 Å². The lowest BCUT2D eigenvalue weighted by molar-refractivity contribution is 0.315. The van der Waals surface area contributed by atoms with Crippen LogP contribution in [0.2, 0.25) is 45.1 Å². The summed E-state index contributed by atoms with van der Waals surface area (Å²) in [6, 6.07) is 8.09. The summed E-state index contributed by atoms with van der Waals surface area (Å²) in [6.07, 6.45) is 13.4. The first kappa shape index (κ1) is 32.8. The summed E-state index contributed by atoms with van der Waals surface area (Å²) >= 11 is -1.63. The van der Waals surface area contributed by atoms with E-state index in [1.807, 2.05) is 0 Å². The topological polar surface area (TPSA) is 30.9 Å². The average Bonchev–Trinajstić information content (AvgIpc) is 2.83. The molecule has 2 fully saturated rings. The van der Waals surface area contributed by atoms with Crippen molar-refractivity contribution in [1.82, 2.24) is 8.11 Å². The van der Waals surface area contributed by atoms with Crippen molar-refractivity contribution in [1.29, 1.82) is 0 Å². The first-order valence-corrected chi connectivity index (χ1v) is 25.4. The van der Waals surface area contributed by atoms with E-state index in [0.717, 1.165) is 0 Å². The van der Waals surface area contributed by atoms with Gasteiger partial charge in [-0.3, -0.25) is 4.99 Å². The van der Waals surface area contributed by atoms with Crippen LogP contribution in [0.3, 0.4) is 0 Å². The van der Waals surface area contributed by atoms with Gasteiger partial charge in [0, 0.05) is 11.7 Å². The molecular weight excluding hydrogens is 524 g/mol. The SMILES string of the molecule is CC(C)c1cccc(C(C)C)c1[NH][Al]([CH3])[N](C(=NC1CCCCC1)N([Si](C)(C)C)[Si](C)(C)C)C1CCCCC1. The Morgan fingerprint density at radius 2 is 1.26 bits per heavy atom. The molecule has 2 aliphatic rings. The fraction of sp³-hybridized carbons (Fsp3) is 0.781. The van der Waals surface area contributed by atoms with Gasteiger partial charge in [0.15, 0.2) is 5.96 Å². The average molecular weight is 585 g/mol. The Morgan fingerprint density at radius 3 is 1.69 bits per heavy atom. The van der Waals surface area contributed by atoms with Gasteiger partial charge in [0.05, 0.1) is 6.04 Å². The number of anilines is 1. The molecule has 0 bridgehead atoms. The third-order valence-corrected chi connectivity index (χ3v) is 18.1. The minimum absolute atomic E-state index is 0.491. The molecule has 1 aromatic carbocycles. The van der Waals surface area contributed by atoms with Crippen LogP contribution in [0.15, 0.2) is 23.2 Å². The lowest BCUT2D eigenvalue weighted by atomic mass is 9.93. The number of hydrogen-bond acceptors (Lipinski definition) is 2. The van der Waals surface area contributed by atoms with E-state index in [4.69, 9.17) is 4.99 Å². The molecule has 1 aromatic rings. The summed E-state index contributed by atoms with van der Waals surface area (Å²) in [5.74, 6) is 4.99. The number of para-hydroxylation sites is 1. The molecule has 0 radical (unpaired) electrons. The van der Waals surface area contributed by atoms with Gasteiger partial charge in [0.2, 0.25) is 0 Å². The van der Waals surface area contributed by atoms with Gasteiger partial charge in [0.1, 0.15) is 16.5 Å². The smallest absolute Gasteiger partial charge is 0.458 e. The summed E-state index contributed by atoms with van der Waals surface area (Å²) < 4.78 is 10.2. The van der Waals surface area contributed by atoms with E-state index < -0.39 is 31.1 Å². The molecule has 0 unspecified atom stereocenters. The standard InChI is InChI=1S/C19H40N3Si2.C12H18N.CH3.Al/c1-23(2,3)22(24(4,5)6)19(20-17-13-9-7-10-14-17)21-18-15-11-8-12-16-18;1-8(2)10-6-5-7-11(9(3)4)12(10)13;;/h17-18H,7-16H2,1-6H3;5-9,13H,1-4H3;1H3;/q2*-1;;+2. The Kier molecular flexibility index (Phi) is 11.7. The lowest BCUT2D eigenvalue weighted by Crippen LogP contribution is -2.69. The second kappa shape index (κ2) is 13.9. The third-order valence-electron chi connectivity index (χ3n) is 8.76. The van der Waals surface area contributed by atoms with Crippen LogP contribution < -0.4 is 4.30 Å². The fourth-order valence-electron chi connectivity index (χ4n) is 7.23. The molecule has 220 valence electrons. The molecule has 0 aromatic heterocycles. The number of nitrogens with zero attached hydrogens (tertiary/aromatic N) is 3. The van der Waals surface area contributed by atoms with Crippen molar-refractivity contribution in [3.05, 3.63) is 29.3 Å². The molecule has 0 amide bonds. The first-order chi connectivity index (χ1) is 18.2. The number of hydrogen-bond donors (Lipinski definition) is 1. The van der Waals surface area contributed by atoms with Crippen LogP contribution in [-0.2, 0) is 0 Å². The molecule has 1 N–H and O–H groups in total. The normalized spacial score (nSPS) is 18.5. The molecule has 2 saturated carbocycles. The van der Waals surface area contributed by atoms with Gasteiger partial charge in [-0.05, 0) is 48.6 Å². The van der Waals surface area contributed by atoms with E-state index in [2.05, 4.69) is 103 Å². The Bertz CT molecular complexity index is 898. The van der Waals surface area contributed by atoms with Gasteiger partial charge in [-0.15, -0.1) is 0 Å². The van der Waals surface area contributed by atoms with E-state index in [9.17, 15) is 0 Å². The van der Waals surface area contributed by atoms with Crippen molar-refractivity contribution in [3.63, 3.8) is 0 Å². The summed E-state index contributed by atoms with van der Waals surface area (Å²) in [5, 5.41) is 0. The molecule has 0 atom stereocenters. The van der Waals surface area contributed by atoms with Gasteiger partial charge in [-0.25, -0.2) is 0 Å². The Morgan fingerprint density at radius 1 is 0.795 bits per heavy atom. The second-order valence-electron chi connectivity index (χ2n) is 15.0. The Labute approximate surface area is 249 Å². The quantitative estimate of drug-likeness (QED) is 0.178. The summed E-state index contributed by atoms with van der Waals surface area (Å²) in [5.41, 5.74) is 4.37. The lowest BCUT2D eigenvalue weighted by Gasteiger charge is -2.53. The summed E-state index contributed by atoms with van der Waals surface area (Å²) in [7, 11) is -3.35. The summed E-state index contributed by atoms with van der Waals surface area (Å²) in [4.78, 5) is 5.85. The largest absolute Gasteiger partial charge is 0.570 e. The fourth-order valence-corrected chi connectivity index (χ4v) is 19.4. The molecule has 0 saturated heterocycles. The highest BCUT2D eigenvalue weighted by molar-refractivity contribution is 6.92. The molecule has 39 heavy (non-hydrogen) atoms. The van der Waals surface area contributed by atoms with Crippen molar-refractivity contribution in [2.24, 2.45) is 4.99 Å². The number of aliphatic imine (C=N–C) groups is 1. The predicted octanol–water partition coefficient (Wildman–Crippen LogP) is 9.76. The molecule has 3 rings (SSSR count). The van der Waals surface area contributed by atoms with Gasteiger partial charge >= 0.3 is 14.6 Å². The van der Waals surface area contributed by atoms with Crippen LogP contribution in [0.5, 0.6) is 0 Å². The zero-order valence-electron chi connectivity index (χ0n) is 27.5. The zero-order valence-corrected chi connectivity index (χ0v) is 30.7. The minimum Gasteiger partial charge on any atom is -0.458 e. The third kappa shape index (κ3) is 8.63. The van der Waals surface area contributed by atoms with Gasteiger partial charge in [-0.1, -0.05) is 129 Å². The predicted molar refractivity (Wildman–Crippen MR) is 181 cm³/mol. The number of nitrogens with one attached hydrogen (secondary N) is 1. The molecule has 0 spiro atoms. The molecule has 0 aliphatic heterocycles. The number of guanidine groups is 1. The van der Waals surface area contributed by atoms with Gasteiger partial charge in [-0.2, -0.15) is 0 Å². The molecule has 4 nitrogen and oxygen atoms in total. The highest BCUT2D eigenvalue weighted by atomic mass is 28.4.